The lowest BCUT2D eigenvalue weighted by atomic mass is 9.79. The minimum Gasteiger partial charge on any atom is -0.472 e. The van der Waals surface area contributed by atoms with E-state index in [0.29, 0.717) is 11.3 Å². The van der Waals surface area contributed by atoms with Crippen molar-refractivity contribution >= 4 is 5.78 Å². The quantitative estimate of drug-likeness (QED) is 0.660. The van der Waals surface area contributed by atoms with Crippen LogP contribution in [0.1, 0.15) is 31.9 Å². The number of carbonyl (C=O) groups is 1. The highest BCUT2D eigenvalue weighted by Gasteiger charge is 2.59. The third kappa shape index (κ3) is 1.88. The fourth-order valence-corrected chi connectivity index (χ4v) is 2.60. The van der Waals surface area contributed by atoms with Gasteiger partial charge in [0, 0.05) is 10.5 Å². The first-order valence-electron chi connectivity index (χ1n) is 6.04. The number of para-hydroxylation sites is 1. The van der Waals surface area contributed by atoms with Gasteiger partial charge in [-0.1, -0.05) is 25.1 Å². The predicted octanol–water partition coefficient (Wildman–Crippen LogP) is 1.50. The normalized spacial score (nSPS) is 29.2. The zero-order valence-electron chi connectivity index (χ0n) is 10.7. The van der Waals surface area contributed by atoms with Crippen LogP contribution in [0.2, 0.25) is 0 Å². The Bertz CT molecular complexity index is 530. The van der Waals surface area contributed by atoms with Crippen molar-refractivity contribution in [1.82, 2.24) is 0 Å². The van der Waals surface area contributed by atoms with Crippen molar-refractivity contribution in [3.05, 3.63) is 39.9 Å². The smallest absolute Gasteiger partial charge is 0.288 e. The van der Waals surface area contributed by atoms with E-state index in [2.05, 4.69) is 0 Å². The van der Waals surface area contributed by atoms with Gasteiger partial charge in [0.05, 0.1) is 0 Å². The zero-order chi connectivity index (χ0) is 14.2. The lowest BCUT2D eigenvalue weighted by Gasteiger charge is -2.39. The van der Waals surface area contributed by atoms with Gasteiger partial charge in [-0.15, -0.1) is 0 Å². The van der Waals surface area contributed by atoms with Gasteiger partial charge in [0.1, 0.15) is 5.75 Å². The maximum absolute atomic E-state index is 11.9. The number of aliphatic hydroxyl groups is 1. The number of nitro groups is 1. The van der Waals surface area contributed by atoms with Crippen molar-refractivity contribution in [1.29, 1.82) is 0 Å². The van der Waals surface area contributed by atoms with E-state index in [1.54, 1.807) is 31.2 Å². The average Bonchev–Trinajstić information content (AvgIpc) is 2.37. The SMILES string of the molecule is CCC1(C(C)=O)Oc2ccccc2C(O)C1[N+](=O)[O-]. The van der Waals surface area contributed by atoms with Crippen LogP contribution >= 0.6 is 0 Å². The molecule has 0 saturated carbocycles. The van der Waals surface area contributed by atoms with Crippen LogP contribution in [-0.2, 0) is 4.79 Å². The van der Waals surface area contributed by atoms with Crippen molar-refractivity contribution in [3.63, 3.8) is 0 Å². The first-order chi connectivity index (χ1) is 8.94. The van der Waals surface area contributed by atoms with Crippen LogP contribution in [0.25, 0.3) is 0 Å². The van der Waals surface area contributed by atoms with E-state index in [-0.39, 0.29) is 6.42 Å². The summed E-state index contributed by atoms with van der Waals surface area (Å²) in [5.74, 6) is -0.129. The van der Waals surface area contributed by atoms with E-state index in [1.165, 1.54) is 6.92 Å². The minimum atomic E-state index is -1.61. The number of fused-ring (bicyclic) bond motifs is 1. The summed E-state index contributed by atoms with van der Waals surface area (Å²) in [6.07, 6.45) is -1.23. The molecule has 0 aromatic heterocycles. The number of ketones is 1. The molecule has 1 heterocycles. The average molecular weight is 265 g/mol. The van der Waals surface area contributed by atoms with E-state index in [4.69, 9.17) is 4.74 Å². The molecule has 0 fully saturated rings. The van der Waals surface area contributed by atoms with E-state index >= 15 is 0 Å². The number of rotatable bonds is 3. The Morgan fingerprint density at radius 3 is 2.68 bits per heavy atom. The molecule has 2 rings (SSSR count). The summed E-state index contributed by atoms with van der Waals surface area (Å²) in [4.78, 5) is 22.5. The van der Waals surface area contributed by atoms with Crippen LogP contribution in [0, 0.1) is 10.1 Å². The summed E-state index contributed by atoms with van der Waals surface area (Å²) in [5.41, 5.74) is -1.27. The summed E-state index contributed by atoms with van der Waals surface area (Å²) in [5, 5.41) is 21.5. The molecule has 3 unspecified atom stereocenters. The topological polar surface area (TPSA) is 89.7 Å². The largest absolute Gasteiger partial charge is 0.472 e. The number of benzene rings is 1. The standard InChI is InChI=1S/C13H15NO5/c1-3-13(8(2)15)12(14(17)18)11(16)9-6-4-5-7-10(9)19-13/h4-7,11-12,16H,3H2,1-2H3. The Hall–Kier alpha value is -1.95. The van der Waals surface area contributed by atoms with Crippen molar-refractivity contribution in [2.45, 2.75) is 38.0 Å². The lowest BCUT2D eigenvalue weighted by Crippen LogP contribution is -2.60. The van der Waals surface area contributed by atoms with Gasteiger partial charge in [0.15, 0.2) is 11.9 Å². The first kappa shape index (κ1) is 13.5. The second-order valence-corrected chi connectivity index (χ2v) is 4.61. The molecule has 1 aliphatic rings. The van der Waals surface area contributed by atoms with E-state index < -0.39 is 28.5 Å². The fraction of sp³-hybridized carbons (Fsp3) is 0.462. The lowest BCUT2D eigenvalue weighted by molar-refractivity contribution is -0.555. The van der Waals surface area contributed by atoms with Crippen LogP contribution in [0.15, 0.2) is 24.3 Å². The van der Waals surface area contributed by atoms with E-state index in [0.717, 1.165) is 0 Å². The van der Waals surface area contributed by atoms with Crippen molar-refractivity contribution in [2.75, 3.05) is 0 Å². The van der Waals surface area contributed by atoms with Crippen LogP contribution in [0.5, 0.6) is 5.75 Å². The van der Waals surface area contributed by atoms with Crippen LogP contribution < -0.4 is 4.74 Å². The van der Waals surface area contributed by atoms with Gasteiger partial charge >= 0.3 is 0 Å². The van der Waals surface area contributed by atoms with Gasteiger partial charge < -0.3 is 9.84 Å². The molecule has 102 valence electrons. The fourth-order valence-electron chi connectivity index (χ4n) is 2.60. The first-order valence-corrected chi connectivity index (χ1v) is 6.04. The highest BCUT2D eigenvalue weighted by molar-refractivity contribution is 5.86. The highest BCUT2D eigenvalue weighted by Crippen LogP contribution is 2.42. The summed E-state index contributed by atoms with van der Waals surface area (Å²) >= 11 is 0. The zero-order valence-corrected chi connectivity index (χ0v) is 10.7. The summed E-state index contributed by atoms with van der Waals surface area (Å²) < 4.78 is 5.62. The maximum Gasteiger partial charge on any atom is 0.288 e. The number of ether oxygens (including phenoxy) is 1. The Balaban J connectivity index is 2.63. The van der Waals surface area contributed by atoms with Crippen molar-refractivity contribution < 1.29 is 19.6 Å². The third-order valence-electron chi connectivity index (χ3n) is 3.65. The molecule has 6 heteroatoms. The molecule has 1 aliphatic heterocycles. The van der Waals surface area contributed by atoms with E-state index in [9.17, 15) is 20.0 Å². The number of carbonyl (C=O) groups excluding carboxylic acids is 1. The Morgan fingerprint density at radius 2 is 2.16 bits per heavy atom. The Labute approximate surface area is 110 Å². The van der Waals surface area contributed by atoms with Crippen LogP contribution in [0.4, 0.5) is 0 Å². The third-order valence-corrected chi connectivity index (χ3v) is 3.65. The van der Waals surface area contributed by atoms with Crippen LogP contribution in [-0.4, -0.2) is 27.5 Å². The van der Waals surface area contributed by atoms with Gasteiger partial charge in [-0.05, 0) is 19.4 Å². The number of hydrogen-bond donors (Lipinski definition) is 1. The molecule has 19 heavy (non-hydrogen) atoms. The predicted molar refractivity (Wildman–Crippen MR) is 66.5 cm³/mol. The van der Waals surface area contributed by atoms with E-state index in [1.807, 2.05) is 0 Å². The number of Topliss-reactive ketones (excluding diaryl/α,β-unsaturated/α-hetero) is 1. The molecular formula is C13H15NO5. The molecule has 6 nitrogen and oxygen atoms in total. The van der Waals surface area contributed by atoms with Gasteiger partial charge in [0.2, 0.25) is 5.60 Å². The van der Waals surface area contributed by atoms with Gasteiger partial charge in [-0.2, -0.15) is 0 Å². The second-order valence-electron chi connectivity index (χ2n) is 4.61. The highest BCUT2D eigenvalue weighted by atomic mass is 16.6. The Morgan fingerprint density at radius 1 is 1.53 bits per heavy atom. The molecular weight excluding hydrogens is 250 g/mol. The maximum atomic E-state index is 11.9. The molecule has 0 radical (unpaired) electrons. The summed E-state index contributed by atoms with van der Waals surface area (Å²) in [6.45, 7) is 2.89. The summed E-state index contributed by atoms with van der Waals surface area (Å²) in [6, 6.07) is 5.02. The molecule has 1 aromatic carbocycles. The van der Waals surface area contributed by atoms with Gasteiger partial charge in [-0.3, -0.25) is 14.9 Å². The van der Waals surface area contributed by atoms with Crippen LogP contribution in [0.3, 0.4) is 0 Å². The molecule has 0 saturated heterocycles. The second kappa shape index (κ2) is 4.62. The summed E-state index contributed by atoms with van der Waals surface area (Å²) in [7, 11) is 0. The molecule has 1 N–H and O–H groups in total. The monoisotopic (exact) mass is 265 g/mol. The molecule has 3 atom stereocenters. The molecule has 0 spiro atoms. The van der Waals surface area contributed by atoms with Crippen molar-refractivity contribution in [2.24, 2.45) is 0 Å². The Kier molecular flexibility index (Phi) is 3.28. The molecule has 0 amide bonds. The number of nitrogens with zero attached hydrogens (tertiary/aromatic N) is 1. The van der Waals surface area contributed by atoms with Gasteiger partial charge in [-0.25, -0.2) is 0 Å². The number of hydrogen-bond acceptors (Lipinski definition) is 5. The molecule has 0 aliphatic carbocycles. The molecule has 0 bridgehead atoms. The minimum absolute atomic E-state index is 0.124. The molecule has 1 aromatic rings. The van der Waals surface area contributed by atoms with Crippen molar-refractivity contribution in [3.8, 4) is 5.75 Å². The van der Waals surface area contributed by atoms with Gasteiger partial charge in [0.25, 0.3) is 6.04 Å². The number of aliphatic hydroxyl groups excluding tert-OH is 1.